The van der Waals surface area contributed by atoms with E-state index in [4.69, 9.17) is 39.5 Å². The van der Waals surface area contributed by atoms with Gasteiger partial charge in [0, 0.05) is 0 Å². The van der Waals surface area contributed by atoms with Gasteiger partial charge in [0.1, 0.15) is 12.6 Å². The smallest absolute Gasteiger partial charge is 0.266 e. The number of allylic oxidation sites excluding steroid dienone is 2. The Bertz CT molecular complexity index is 255. The summed E-state index contributed by atoms with van der Waals surface area (Å²) >= 11 is 16.7. The van der Waals surface area contributed by atoms with E-state index < -0.39 is 3.79 Å². The number of hydrogen-bond donors (Lipinski definition) is 0. The fraction of sp³-hybridized carbons (Fsp3) is 0.375. The largest absolute Gasteiger partial charge is 0.475 e. The maximum atomic E-state index is 5.57. The summed E-state index contributed by atoms with van der Waals surface area (Å²) in [5.74, 6) is 0.149. The van der Waals surface area contributed by atoms with Gasteiger partial charge in [-0.05, 0) is 0 Å². The van der Waals surface area contributed by atoms with Crippen molar-refractivity contribution >= 4 is 40.7 Å². The van der Waals surface area contributed by atoms with Gasteiger partial charge in [-0.1, -0.05) is 59.6 Å². The van der Waals surface area contributed by atoms with Crippen molar-refractivity contribution < 1.29 is 4.74 Å². The number of hydrogen-bond acceptors (Lipinski definition) is 2. The average Bonchev–Trinajstić information content (AvgIpc) is 2.47. The second-order valence-electron chi connectivity index (χ2n) is 2.43. The SMILES string of the molecule is C=C/C=C/C1COC(C(Cl)(Cl)Cl)=N1. The molecule has 0 aromatic carbocycles. The maximum absolute atomic E-state index is 5.57. The molecule has 0 aromatic rings. The van der Waals surface area contributed by atoms with Crippen molar-refractivity contribution in [3.8, 4) is 0 Å². The molecular formula is C8H8Cl3NO. The van der Waals surface area contributed by atoms with Gasteiger partial charge in [-0.3, -0.25) is 0 Å². The summed E-state index contributed by atoms with van der Waals surface area (Å²) in [6.45, 7) is 3.95. The highest BCUT2D eigenvalue weighted by Gasteiger charge is 2.34. The Morgan fingerprint density at radius 3 is 2.69 bits per heavy atom. The molecule has 1 aliphatic rings. The summed E-state index contributed by atoms with van der Waals surface area (Å²) in [6, 6.07) is -0.0800. The second-order valence-corrected chi connectivity index (χ2v) is 4.71. The summed E-state index contributed by atoms with van der Waals surface area (Å²) in [5, 5.41) is 0. The summed E-state index contributed by atoms with van der Waals surface area (Å²) in [7, 11) is 0. The van der Waals surface area contributed by atoms with E-state index in [0.717, 1.165) is 0 Å². The number of halogens is 3. The molecule has 0 aliphatic carbocycles. The van der Waals surface area contributed by atoms with Gasteiger partial charge in [0.25, 0.3) is 3.79 Å². The fourth-order valence-corrected chi connectivity index (χ4v) is 1.16. The van der Waals surface area contributed by atoms with E-state index in [1.165, 1.54) is 0 Å². The lowest BCUT2D eigenvalue weighted by Gasteiger charge is -2.08. The summed E-state index contributed by atoms with van der Waals surface area (Å²) in [6.07, 6.45) is 5.26. The lowest BCUT2D eigenvalue weighted by Crippen LogP contribution is -2.18. The van der Waals surface area contributed by atoms with Gasteiger partial charge in [-0.25, -0.2) is 4.99 Å². The first-order valence-electron chi connectivity index (χ1n) is 3.61. The van der Waals surface area contributed by atoms with Crippen LogP contribution in [0.15, 0.2) is 29.8 Å². The zero-order valence-corrected chi connectivity index (χ0v) is 8.98. The minimum atomic E-state index is -1.56. The standard InChI is InChI=1S/C8H8Cl3NO/c1-2-3-4-6-5-13-7(12-6)8(9,10)11/h2-4,6H,1,5H2/b4-3+. The number of aliphatic imine (C=N–C) groups is 1. The van der Waals surface area contributed by atoms with Crippen LogP contribution in [0.5, 0.6) is 0 Å². The lowest BCUT2D eigenvalue weighted by atomic mass is 10.3. The molecule has 2 nitrogen and oxygen atoms in total. The molecular weight excluding hydrogens is 232 g/mol. The number of rotatable bonds is 2. The molecule has 1 unspecified atom stereocenters. The lowest BCUT2D eigenvalue weighted by molar-refractivity contribution is 0.326. The van der Waals surface area contributed by atoms with Crippen molar-refractivity contribution in [1.29, 1.82) is 0 Å². The summed E-state index contributed by atoms with van der Waals surface area (Å²) in [5.41, 5.74) is 0. The molecule has 13 heavy (non-hydrogen) atoms. The Morgan fingerprint density at radius 2 is 2.23 bits per heavy atom. The normalized spacial score (nSPS) is 23.0. The summed E-state index contributed by atoms with van der Waals surface area (Å²) < 4.78 is 3.54. The van der Waals surface area contributed by atoms with Crippen LogP contribution in [0.2, 0.25) is 0 Å². The van der Waals surface area contributed by atoms with Crippen LogP contribution in [0.3, 0.4) is 0 Å². The molecule has 1 rings (SSSR count). The Hall–Kier alpha value is -0.180. The predicted octanol–water partition coefficient (Wildman–Crippen LogP) is 2.90. The van der Waals surface area contributed by atoms with Crippen molar-refractivity contribution in [1.82, 2.24) is 0 Å². The molecule has 0 fully saturated rings. The van der Waals surface area contributed by atoms with Crippen molar-refractivity contribution in [2.45, 2.75) is 9.83 Å². The van der Waals surface area contributed by atoms with E-state index in [1.54, 1.807) is 12.2 Å². The molecule has 0 saturated heterocycles. The third kappa shape index (κ3) is 3.22. The van der Waals surface area contributed by atoms with Gasteiger partial charge in [-0.15, -0.1) is 0 Å². The first-order chi connectivity index (χ1) is 6.04. The van der Waals surface area contributed by atoms with Gasteiger partial charge in [0.05, 0.1) is 0 Å². The molecule has 1 atom stereocenters. The molecule has 72 valence electrons. The highest BCUT2D eigenvalue weighted by atomic mass is 35.6. The quantitative estimate of drug-likeness (QED) is 0.537. The van der Waals surface area contributed by atoms with E-state index in [-0.39, 0.29) is 11.9 Å². The molecule has 0 spiro atoms. The van der Waals surface area contributed by atoms with Crippen molar-refractivity contribution in [3.05, 3.63) is 24.8 Å². The zero-order chi connectivity index (χ0) is 9.90. The molecule has 0 saturated carbocycles. The first kappa shape index (κ1) is 10.9. The number of ether oxygens (including phenoxy) is 1. The maximum Gasteiger partial charge on any atom is 0.266 e. The van der Waals surface area contributed by atoms with Crippen LogP contribution in [0.1, 0.15) is 0 Å². The number of alkyl halides is 3. The predicted molar refractivity (Wildman–Crippen MR) is 56.8 cm³/mol. The van der Waals surface area contributed by atoms with E-state index >= 15 is 0 Å². The van der Waals surface area contributed by atoms with Crippen molar-refractivity contribution in [2.24, 2.45) is 4.99 Å². The molecule has 0 radical (unpaired) electrons. The van der Waals surface area contributed by atoms with Crippen LogP contribution >= 0.6 is 34.8 Å². The van der Waals surface area contributed by atoms with Crippen LogP contribution < -0.4 is 0 Å². The van der Waals surface area contributed by atoms with Crippen LogP contribution in [-0.4, -0.2) is 22.3 Å². The molecule has 0 aromatic heterocycles. The monoisotopic (exact) mass is 239 g/mol. The van der Waals surface area contributed by atoms with E-state index in [9.17, 15) is 0 Å². The molecule has 0 bridgehead atoms. The molecule has 0 amide bonds. The van der Waals surface area contributed by atoms with Crippen LogP contribution in [0.4, 0.5) is 0 Å². The third-order valence-electron chi connectivity index (χ3n) is 1.39. The topological polar surface area (TPSA) is 21.6 Å². The Balaban J connectivity index is 2.63. The van der Waals surface area contributed by atoms with Crippen molar-refractivity contribution in [3.63, 3.8) is 0 Å². The summed E-state index contributed by atoms with van der Waals surface area (Å²) in [4.78, 5) is 4.06. The van der Waals surface area contributed by atoms with E-state index in [2.05, 4.69) is 11.6 Å². The van der Waals surface area contributed by atoms with Gasteiger partial charge >= 0.3 is 0 Å². The van der Waals surface area contributed by atoms with Gasteiger partial charge in [0.2, 0.25) is 5.90 Å². The fourth-order valence-electron chi connectivity index (χ4n) is 0.850. The molecule has 1 heterocycles. The van der Waals surface area contributed by atoms with Crippen LogP contribution in [0, 0.1) is 0 Å². The highest BCUT2D eigenvalue weighted by Crippen LogP contribution is 2.31. The minimum Gasteiger partial charge on any atom is -0.475 e. The first-order valence-corrected chi connectivity index (χ1v) is 4.74. The molecule has 0 N–H and O–H groups in total. The van der Waals surface area contributed by atoms with E-state index in [1.807, 2.05) is 6.08 Å². The van der Waals surface area contributed by atoms with Gasteiger partial charge < -0.3 is 4.74 Å². The molecule has 5 heteroatoms. The van der Waals surface area contributed by atoms with E-state index in [0.29, 0.717) is 6.61 Å². The Kier molecular flexibility index (Phi) is 3.65. The second kappa shape index (κ2) is 4.36. The van der Waals surface area contributed by atoms with Crippen LogP contribution in [-0.2, 0) is 4.74 Å². The van der Waals surface area contributed by atoms with Gasteiger partial charge in [0.15, 0.2) is 0 Å². The average molecular weight is 241 g/mol. The minimum absolute atomic E-state index is 0.0800. The third-order valence-corrected chi connectivity index (χ3v) is 1.87. The van der Waals surface area contributed by atoms with Gasteiger partial charge in [-0.2, -0.15) is 0 Å². The Labute approximate surface area is 91.8 Å². The zero-order valence-electron chi connectivity index (χ0n) is 6.71. The Morgan fingerprint density at radius 1 is 1.54 bits per heavy atom. The van der Waals surface area contributed by atoms with Crippen LogP contribution in [0.25, 0.3) is 0 Å². The van der Waals surface area contributed by atoms with Crippen molar-refractivity contribution in [2.75, 3.05) is 6.61 Å². The number of nitrogens with zero attached hydrogens (tertiary/aromatic N) is 1. The highest BCUT2D eigenvalue weighted by molar-refractivity contribution is 6.76. The molecule has 1 aliphatic heterocycles.